The number of H-pyrrole nitrogens is 1. The number of hydrogen-bond donors (Lipinski definition) is 1. The average molecular weight is 398 g/mol. The van der Waals surface area contributed by atoms with Gasteiger partial charge < -0.3 is 4.98 Å². The summed E-state index contributed by atoms with van der Waals surface area (Å²) in [7, 11) is 0. The lowest BCUT2D eigenvalue weighted by Gasteiger charge is -2.30. The van der Waals surface area contributed by atoms with E-state index >= 15 is 0 Å². The quantitative estimate of drug-likeness (QED) is 0.671. The van der Waals surface area contributed by atoms with Crippen LogP contribution >= 0.6 is 11.6 Å². The van der Waals surface area contributed by atoms with Gasteiger partial charge in [-0.3, -0.25) is 14.5 Å². The second-order valence-electron chi connectivity index (χ2n) is 7.26. The standard InChI is InChI=1S/C21H17ClFN3O2/c22-12-2-1-3-14(8-12)26-20(27)10-19(21(26)28)25-7-6-15-16-9-13(23)4-5-17(16)24-18(15)11-25/h1-5,8-9,19,24H,6-7,10-11H2. The van der Waals surface area contributed by atoms with Crippen molar-refractivity contribution in [3.63, 3.8) is 0 Å². The molecule has 2 aromatic carbocycles. The van der Waals surface area contributed by atoms with Crippen LogP contribution in [-0.4, -0.2) is 34.3 Å². The van der Waals surface area contributed by atoms with Gasteiger partial charge in [0.05, 0.1) is 18.2 Å². The van der Waals surface area contributed by atoms with Crippen LogP contribution in [0.5, 0.6) is 0 Å². The molecule has 1 saturated heterocycles. The number of amides is 2. The maximum Gasteiger partial charge on any atom is 0.251 e. The van der Waals surface area contributed by atoms with E-state index in [0.29, 0.717) is 30.2 Å². The van der Waals surface area contributed by atoms with E-state index in [1.165, 1.54) is 11.0 Å². The molecular formula is C21H17ClFN3O2. The number of benzene rings is 2. The van der Waals surface area contributed by atoms with E-state index in [0.717, 1.165) is 22.2 Å². The largest absolute Gasteiger partial charge is 0.357 e. The number of aromatic nitrogens is 1. The zero-order chi connectivity index (χ0) is 19.4. The number of carbonyl (C=O) groups is 2. The first-order valence-corrected chi connectivity index (χ1v) is 9.54. The Labute approximate surface area is 165 Å². The number of imide groups is 1. The van der Waals surface area contributed by atoms with Gasteiger partial charge in [0.15, 0.2) is 0 Å². The van der Waals surface area contributed by atoms with Gasteiger partial charge in [-0.1, -0.05) is 17.7 Å². The summed E-state index contributed by atoms with van der Waals surface area (Å²) >= 11 is 6.02. The number of anilines is 1. The van der Waals surface area contributed by atoms with Crippen molar-refractivity contribution in [2.45, 2.75) is 25.4 Å². The number of hydrogen-bond acceptors (Lipinski definition) is 3. The Morgan fingerprint density at radius 2 is 2.00 bits per heavy atom. The minimum atomic E-state index is -0.497. The third-order valence-electron chi connectivity index (χ3n) is 5.60. The zero-order valence-electron chi connectivity index (χ0n) is 14.9. The summed E-state index contributed by atoms with van der Waals surface area (Å²) in [5.74, 6) is -0.704. The van der Waals surface area contributed by atoms with Gasteiger partial charge in [0.25, 0.3) is 5.91 Å². The topological polar surface area (TPSA) is 56.4 Å². The van der Waals surface area contributed by atoms with Gasteiger partial charge in [0.1, 0.15) is 5.82 Å². The second-order valence-corrected chi connectivity index (χ2v) is 7.70. The van der Waals surface area contributed by atoms with Crippen LogP contribution in [0.3, 0.4) is 0 Å². The molecule has 0 saturated carbocycles. The molecule has 5 nitrogen and oxygen atoms in total. The fraction of sp³-hybridized carbons (Fsp3) is 0.238. The summed E-state index contributed by atoms with van der Waals surface area (Å²) in [4.78, 5) is 32.2. The molecule has 5 rings (SSSR count). The molecule has 1 fully saturated rings. The second kappa shape index (κ2) is 6.43. The highest BCUT2D eigenvalue weighted by molar-refractivity contribution is 6.31. The van der Waals surface area contributed by atoms with Crippen molar-refractivity contribution in [1.29, 1.82) is 0 Å². The fourth-order valence-corrected chi connectivity index (χ4v) is 4.47. The van der Waals surface area contributed by atoms with Crippen LogP contribution in [0, 0.1) is 5.82 Å². The SMILES string of the molecule is O=C1CC(N2CCc3c([nH]c4ccc(F)cc34)C2)C(=O)N1c1cccc(Cl)c1. The Kier molecular flexibility index (Phi) is 4.00. The zero-order valence-corrected chi connectivity index (χ0v) is 15.7. The normalized spacial score (nSPS) is 20.2. The smallest absolute Gasteiger partial charge is 0.251 e. The molecule has 2 aliphatic rings. The van der Waals surface area contributed by atoms with E-state index in [-0.39, 0.29) is 24.1 Å². The summed E-state index contributed by atoms with van der Waals surface area (Å²) in [6.07, 6.45) is 0.851. The van der Waals surface area contributed by atoms with E-state index in [9.17, 15) is 14.0 Å². The van der Waals surface area contributed by atoms with E-state index in [4.69, 9.17) is 11.6 Å². The number of rotatable bonds is 2. The van der Waals surface area contributed by atoms with Gasteiger partial charge in [-0.05, 0) is 48.4 Å². The fourth-order valence-electron chi connectivity index (χ4n) is 4.29. The lowest BCUT2D eigenvalue weighted by atomic mass is 10.0. The lowest BCUT2D eigenvalue weighted by Crippen LogP contribution is -2.44. The van der Waals surface area contributed by atoms with E-state index in [1.807, 2.05) is 4.90 Å². The van der Waals surface area contributed by atoms with Crippen molar-refractivity contribution < 1.29 is 14.0 Å². The Bertz CT molecular complexity index is 1130. The van der Waals surface area contributed by atoms with Crippen LogP contribution in [0.25, 0.3) is 10.9 Å². The predicted molar refractivity (Wildman–Crippen MR) is 105 cm³/mol. The van der Waals surface area contributed by atoms with Crippen LogP contribution < -0.4 is 4.90 Å². The van der Waals surface area contributed by atoms with Crippen LogP contribution in [0.4, 0.5) is 10.1 Å². The monoisotopic (exact) mass is 397 g/mol. The van der Waals surface area contributed by atoms with Gasteiger partial charge in [-0.2, -0.15) is 0 Å². The molecule has 0 bridgehead atoms. The molecule has 2 aliphatic heterocycles. The molecule has 0 radical (unpaired) electrons. The molecule has 1 N–H and O–H groups in total. The summed E-state index contributed by atoms with van der Waals surface area (Å²) in [6.45, 7) is 1.17. The minimum absolute atomic E-state index is 0.148. The Balaban J connectivity index is 1.43. The molecule has 7 heteroatoms. The maximum absolute atomic E-state index is 13.6. The first-order chi connectivity index (χ1) is 13.5. The molecule has 3 aromatic rings. The minimum Gasteiger partial charge on any atom is -0.357 e. The number of aromatic amines is 1. The molecule has 0 aliphatic carbocycles. The maximum atomic E-state index is 13.6. The van der Waals surface area contributed by atoms with Gasteiger partial charge in [0, 0.05) is 34.7 Å². The predicted octanol–water partition coefficient (Wildman–Crippen LogP) is 3.65. The van der Waals surface area contributed by atoms with Crippen molar-refractivity contribution in [2.24, 2.45) is 0 Å². The highest BCUT2D eigenvalue weighted by Crippen LogP contribution is 2.32. The van der Waals surface area contributed by atoms with Gasteiger partial charge >= 0.3 is 0 Å². The molecule has 1 atom stereocenters. The number of fused-ring (bicyclic) bond motifs is 3. The van der Waals surface area contributed by atoms with Crippen molar-refractivity contribution in [1.82, 2.24) is 9.88 Å². The molecular weight excluding hydrogens is 381 g/mol. The number of carbonyl (C=O) groups excluding carboxylic acids is 2. The average Bonchev–Trinajstić information content (AvgIpc) is 3.17. The molecule has 142 valence electrons. The lowest BCUT2D eigenvalue weighted by molar-refractivity contribution is -0.123. The number of nitrogens with one attached hydrogen (secondary N) is 1. The van der Waals surface area contributed by atoms with Crippen LogP contribution in [-0.2, 0) is 22.6 Å². The summed E-state index contributed by atoms with van der Waals surface area (Å²) in [5.41, 5.74) is 3.47. The highest BCUT2D eigenvalue weighted by Gasteiger charge is 2.43. The van der Waals surface area contributed by atoms with E-state index in [2.05, 4.69) is 4.98 Å². The van der Waals surface area contributed by atoms with Crippen molar-refractivity contribution >= 4 is 40.0 Å². The summed E-state index contributed by atoms with van der Waals surface area (Å²) < 4.78 is 13.6. The number of halogens is 2. The third kappa shape index (κ3) is 2.72. The molecule has 0 spiro atoms. The molecule has 3 heterocycles. The Morgan fingerprint density at radius 3 is 2.82 bits per heavy atom. The van der Waals surface area contributed by atoms with Crippen molar-refractivity contribution in [3.8, 4) is 0 Å². The molecule has 28 heavy (non-hydrogen) atoms. The van der Waals surface area contributed by atoms with E-state index in [1.54, 1.807) is 36.4 Å². The summed E-state index contributed by atoms with van der Waals surface area (Å²) in [5, 5.41) is 1.37. The molecule has 2 amide bonds. The van der Waals surface area contributed by atoms with Crippen LogP contribution in [0.1, 0.15) is 17.7 Å². The number of nitrogens with zero attached hydrogens (tertiary/aromatic N) is 2. The first-order valence-electron chi connectivity index (χ1n) is 9.16. The van der Waals surface area contributed by atoms with Crippen LogP contribution in [0.15, 0.2) is 42.5 Å². The Morgan fingerprint density at radius 1 is 1.14 bits per heavy atom. The molecule has 1 unspecified atom stereocenters. The van der Waals surface area contributed by atoms with Crippen molar-refractivity contribution in [2.75, 3.05) is 11.4 Å². The first kappa shape index (κ1) is 17.4. The van der Waals surface area contributed by atoms with Gasteiger partial charge in [-0.25, -0.2) is 9.29 Å². The van der Waals surface area contributed by atoms with Crippen molar-refractivity contribution in [3.05, 3.63) is 64.6 Å². The highest BCUT2D eigenvalue weighted by atomic mass is 35.5. The third-order valence-corrected chi connectivity index (χ3v) is 5.83. The summed E-state index contributed by atoms with van der Waals surface area (Å²) in [6, 6.07) is 11.0. The van der Waals surface area contributed by atoms with E-state index < -0.39 is 6.04 Å². The Hall–Kier alpha value is -2.70. The van der Waals surface area contributed by atoms with Gasteiger partial charge in [0.2, 0.25) is 5.91 Å². The van der Waals surface area contributed by atoms with Gasteiger partial charge in [-0.15, -0.1) is 0 Å². The molecule has 1 aromatic heterocycles. The van der Waals surface area contributed by atoms with Crippen LogP contribution in [0.2, 0.25) is 5.02 Å².